The summed E-state index contributed by atoms with van der Waals surface area (Å²) in [7, 11) is 3.33. The van der Waals surface area contributed by atoms with Crippen LogP contribution in [0.15, 0.2) is 35.7 Å². The number of imidazole rings is 1. The predicted octanol–water partition coefficient (Wildman–Crippen LogP) is 2.87. The molecule has 5 heteroatoms. The number of thioether (sulfide) groups is 1. The van der Waals surface area contributed by atoms with Gasteiger partial charge in [-0.25, -0.2) is 4.98 Å². The molecule has 0 aliphatic heterocycles. The topological polar surface area (TPSA) is 36.3 Å². The van der Waals surface area contributed by atoms with Gasteiger partial charge in [-0.1, -0.05) is 12.0 Å². The summed E-state index contributed by atoms with van der Waals surface area (Å²) in [5.74, 6) is 4.85. The van der Waals surface area contributed by atoms with Crippen LogP contribution >= 0.6 is 11.8 Å². The molecule has 21 heavy (non-hydrogen) atoms. The lowest BCUT2D eigenvalue weighted by molar-refractivity contribution is 0.372. The van der Waals surface area contributed by atoms with Crippen LogP contribution in [0.3, 0.4) is 0 Å². The Hall–Kier alpha value is -2.06. The van der Waals surface area contributed by atoms with Gasteiger partial charge in [0.15, 0.2) is 0 Å². The molecule has 0 radical (unpaired) electrons. The maximum absolute atomic E-state index is 5.59. The number of rotatable bonds is 7. The zero-order valence-electron chi connectivity index (χ0n) is 12.2. The smallest absolute Gasteiger partial charge is 0.139 e. The first-order valence-electron chi connectivity index (χ1n) is 6.56. The molecule has 0 N–H and O–H groups in total. The van der Waals surface area contributed by atoms with Gasteiger partial charge < -0.3 is 14.0 Å². The van der Waals surface area contributed by atoms with Gasteiger partial charge >= 0.3 is 0 Å². The molecule has 0 aliphatic rings. The van der Waals surface area contributed by atoms with Crippen molar-refractivity contribution in [2.24, 2.45) is 0 Å². The number of ether oxygens (including phenoxy) is 2. The number of nitrogens with zero attached hydrogens (tertiary/aromatic N) is 2. The molecular weight excluding hydrogens is 284 g/mol. The van der Waals surface area contributed by atoms with Crippen molar-refractivity contribution in [3.8, 4) is 23.8 Å². The molecule has 0 unspecified atom stereocenters. The van der Waals surface area contributed by atoms with Crippen molar-refractivity contribution in [3.05, 3.63) is 36.4 Å². The Labute approximate surface area is 129 Å². The summed E-state index contributed by atoms with van der Waals surface area (Å²) < 4.78 is 13.0. The van der Waals surface area contributed by atoms with Crippen molar-refractivity contribution in [3.63, 3.8) is 0 Å². The fraction of sp³-hybridized carbons (Fsp3) is 0.312. The second kappa shape index (κ2) is 7.65. The standard InChI is InChI=1S/C16H18N2O2S/c1-4-11-21-16-14(19-2)6-5-13(15(16)20-3)7-9-18-10-8-17-12-18/h1,5-6,8,10,12H,7,9,11H2,2-3H3. The van der Waals surface area contributed by atoms with Gasteiger partial charge in [0.05, 0.1) is 31.2 Å². The van der Waals surface area contributed by atoms with Gasteiger partial charge in [0.1, 0.15) is 11.5 Å². The molecule has 0 aliphatic carbocycles. The lowest BCUT2D eigenvalue weighted by atomic mass is 10.1. The second-order valence-electron chi connectivity index (χ2n) is 4.33. The van der Waals surface area contributed by atoms with E-state index in [1.807, 2.05) is 29.2 Å². The largest absolute Gasteiger partial charge is 0.495 e. The van der Waals surface area contributed by atoms with Crippen molar-refractivity contribution in [1.82, 2.24) is 9.55 Å². The lowest BCUT2D eigenvalue weighted by Gasteiger charge is -2.16. The normalized spacial score (nSPS) is 10.1. The first-order valence-corrected chi connectivity index (χ1v) is 7.54. The Morgan fingerprint density at radius 2 is 2.19 bits per heavy atom. The maximum Gasteiger partial charge on any atom is 0.139 e. The summed E-state index contributed by atoms with van der Waals surface area (Å²) >= 11 is 1.56. The molecule has 2 aromatic rings. The van der Waals surface area contributed by atoms with Crippen molar-refractivity contribution in [2.45, 2.75) is 17.9 Å². The highest BCUT2D eigenvalue weighted by Crippen LogP contribution is 2.40. The number of methoxy groups -OCH3 is 2. The molecule has 0 amide bonds. The molecule has 110 valence electrons. The Balaban J connectivity index is 2.25. The predicted molar refractivity (Wildman–Crippen MR) is 85.0 cm³/mol. The monoisotopic (exact) mass is 302 g/mol. The molecule has 0 fully saturated rings. The molecule has 0 bridgehead atoms. The van der Waals surface area contributed by atoms with E-state index in [9.17, 15) is 0 Å². The third kappa shape index (κ3) is 3.73. The van der Waals surface area contributed by atoms with E-state index < -0.39 is 0 Å². The number of hydrogen-bond acceptors (Lipinski definition) is 4. The SMILES string of the molecule is C#CCSc1c(OC)ccc(CCn2ccnc2)c1OC. The van der Waals surface area contributed by atoms with E-state index >= 15 is 0 Å². The summed E-state index contributed by atoms with van der Waals surface area (Å²) in [4.78, 5) is 5.01. The molecule has 4 nitrogen and oxygen atoms in total. The molecular formula is C16H18N2O2S. The minimum absolute atomic E-state index is 0.581. The maximum atomic E-state index is 5.59. The van der Waals surface area contributed by atoms with Gasteiger partial charge in [0.2, 0.25) is 0 Å². The van der Waals surface area contributed by atoms with Crippen LogP contribution in [0.5, 0.6) is 11.5 Å². The average Bonchev–Trinajstić information content (AvgIpc) is 3.03. The van der Waals surface area contributed by atoms with Crippen molar-refractivity contribution in [1.29, 1.82) is 0 Å². The molecule has 0 saturated heterocycles. The fourth-order valence-electron chi connectivity index (χ4n) is 2.09. The van der Waals surface area contributed by atoms with Crippen molar-refractivity contribution in [2.75, 3.05) is 20.0 Å². The van der Waals surface area contributed by atoms with Crippen LogP contribution < -0.4 is 9.47 Å². The van der Waals surface area contributed by atoms with Crippen LogP contribution in [-0.4, -0.2) is 29.5 Å². The fourth-order valence-corrected chi connectivity index (χ4v) is 2.95. The minimum Gasteiger partial charge on any atom is -0.495 e. The second-order valence-corrected chi connectivity index (χ2v) is 5.32. The molecule has 0 saturated carbocycles. The van der Waals surface area contributed by atoms with E-state index in [4.69, 9.17) is 15.9 Å². The molecule has 1 aromatic heterocycles. The van der Waals surface area contributed by atoms with Crippen LogP contribution in [0.25, 0.3) is 0 Å². The third-order valence-electron chi connectivity index (χ3n) is 3.08. The number of benzene rings is 1. The molecule has 0 atom stereocenters. The first-order chi connectivity index (χ1) is 10.3. The molecule has 0 spiro atoms. The van der Waals surface area contributed by atoms with Crippen LogP contribution in [0.2, 0.25) is 0 Å². The van der Waals surface area contributed by atoms with E-state index in [1.165, 1.54) is 0 Å². The third-order valence-corrected chi connectivity index (χ3v) is 4.07. The number of aryl methyl sites for hydroxylation is 2. The highest BCUT2D eigenvalue weighted by atomic mass is 32.2. The van der Waals surface area contributed by atoms with Crippen LogP contribution in [0.1, 0.15) is 5.56 Å². The quantitative estimate of drug-likeness (QED) is 0.582. The van der Waals surface area contributed by atoms with Gasteiger partial charge in [-0.2, -0.15) is 0 Å². The van der Waals surface area contributed by atoms with Gasteiger partial charge in [-0.15, -0.1) is 18.2 Å². The van der Waals surface area contributed by atoms with Crippen molar-refractivity contribution < 1.29 is 9.47 Å². The van der Waals surface area contributed by atoms with Gasteiger partial charge in [0.25, 0.3) is 0 Å². The van der Waals surface area contributed by atoms with E-state index in [0.29, 0.717) is 5.75 Å². The average molecular weight is 302 g/mol. The Morgan fingerprint density at radius 3 is 2.81 bits per heavy atom. The Morgan fingerprint density at radius 1 is 1.33 bits per heavy atom. The summed E-state index contributed by atoms with van der Waals surface area (Å²) in [5, 5.41) is 0. The Bertz CT molecular complexity index is 618. The van der Waals surface area contributed by atoms with Gasteiger partial charge in [-0.05, 0) is 18.1 Å². The van der Waals surface area contributed by atoms with Crippen LogP contribution in [0, 0.1) is 12.3 Å². The summed E-state index contributed by atoms with van der Waals surface area (Å²) in [6.07, 6.45) is 11.7. The number of terminal acetylenes is 1. The molecule has 1 aromatic carbocycles. The zero-order chi connectivity index (χ0) is 15.1. The molecule has 1 heterocycles. The Kier molecular flexibility index (Phi) is 5.59. The van der Waals surface area contributed by atoms with Gasteiger partial charge in [0, 0.05) is 18.9 Å². The van der Waals surface area contributed by atoms with Gasteiger partial charge in [-0.3, -0.25) is 0 Å². The van der Waals surface area contributed by atoms with E-state index in [2.05, 4.69) is 10.9 Å². The van der Waals surface area contributed by atoms with Crippen LogP contribution in [0.4, 0.5) is 0 Å². The summed E-state index contributed by atoms with van der Waals surface area (Å²) in [5.41, 5.74) is 1.13. The molecule has 2 rings (SSSR count). The van der Waals surface area contributed by atoms with E-state index in [-0.39, 0.29) is 0 Å². The van der Waals surface area contributed by atoms with E-state index in [0.717, 1.165) is 34.9 Å². The highest BCUT2D eigenvalue weighted by Gasteiger charge is 2.15. The van der Waals surface area contributed by atoms with Crippen LogP contribution in [-0.2, 0) is 13.0 Å². The number of hydrogen-bond donors (Lipinski definition) is 0. The minimum atomic E-state index is 0.581. The zero-order valence-corrected chi connectivity index (χ0v) is 13.0. The van der Waals surface area contributed by atoms with Crippen molar-refractivity contribution >= 4 is 11.8 Å². The summed E-state index contributed by atoms with van der Waals surface area (Å²) in [6, 6.07) is 4.00. The summed E-state index contributed by atoms with van der Waals surface area (Å²) in [6.45, 7) is 0.849. The lowest BCUT2D eigenvalue weighted by Crippen LogP contribution is -2.02. The first kappa shape index (κ1) is 15.3. The highest BCUT2D eigenvalue weighted by molar-refractivity contribution is 7.99. The van der Waals surface area contributed by atoms with E-state index in [1.54, 1.807) is 32.2 Å². The number of aromatic nitrogens is 2.